The standard InChI is InChI=1S/C34H49N12O27P5/c1-43-13-46(28-20(43)29(51)42-33(36)41-28)30-21(48)14(5-7-63-2)15(68-30)8-66-75(55,56)71-77(59,60)73-78(61,62)72-76(57,58)67-10-17-25(24(64-3)32(70-17)45-12-39-19-26(35)37-11-38-27(19)45)74(53,54)65-9-16-22(49)23(50)31(69-16)44-6-4-18(47)40-34(44)52/h4,6,11-17,21-25,30-32,48-50H,5,7-10H2,1-3H3,(H10-,35,36,37,38,40,41,42,47,51,52,53,54,55,56,57,58,59,60,61,62)/p+1/t14-,15-,16-,17?,21-,22-,23-,24-,25-,30-,31-,32-/m1/s1. The molecule has 3 saturated heterocycles. The average molecular weight is 1210 g/mol. The van der Waals surface area contributed by atoms with Crippen LogP contribution in [0.15, 0.2) is 45.6 Å². The van der Waals surface area contributed by atoms with Gasteiger partial charge in [-0.1, -0.05) is 4.98 Å². The normalized spacial score (nSPS) is 30.5. The number of ether oxygens (including phenoxy) is 5. The number of H-pyrrole nitrogens is 2. The summed E-state index contributed by atoms with van der Waals surface area (Å²) in [5.74, 6) is -1.39. The molecule has 8 rings (SSSR count). The molecule has 3 fully saturated rings. The van der Waals surface area contributed by atoms with Crippen molar-refractivity contribution in [1.82, 2.24) is 43.6 Å². The van der Waals surface area contributed by atoms with Crippen LogP contribution in [0.3, 0.4) is 0 Å². The van der Waals surface area contributed by atoms with Crippen molar-refractivity contribution in [3.63, 3.8) is 0 Å². The van der Waals surface area contributed by atoms with Crippen molar-refractivity contribution >= 4 is 73.0 Å². The molecule has 78 heavy (non-hydrogen) atoms. The number of anilines is 2. The Bertz CT molecular complexity index is 3470. The quantitative estimate of drug-likeness (QED) is 0.0224. The first-order valence-corrected chi connectivity index (χ1v) is 29.8. The molecule has 44 heteroatoms. The Balaban J connectivity index is 0.939. The third kappa shape index (κ3) is 12.7. The highest BCUT2D eigenvalue weighted by atomic mass is 31.3. The number of aromatic nitrogens is 10. The Morgan fingerprint density at radius 2 is 1.38 bits per heavy atom. The van der Waals surface area contributed by atoms with Gasteiger partial charge in [-0.05, 0) is 6.42 Å². The first-order chi connectivity index (χ1) is 36.5. The second-order valence-corrected chi connectivity index (χ2v) is 25.4. The number of methoxy groups -OCH3 is 2. The molecule has 0 radical (unpaired) electrons. The number of phosphoric acid groups is 4. The Morgan fingerprint density at radius 3 is 2.03 bits per heavy atom. The van der Waals surface area contributed by atoms with E-state index in [0.29, 0.717) is 4.57 Å². The summed E-state index contributed by atoms with van der Waals surface area (Å²) in [7, 11) is -26.4. The molecule has 3 aliphatic rings. The van der Waals surface area contributed by atoms with Crippen LogP contribution < -0.4 is 32.8 Å². The zero-order chi connectivity index (χ0) is 57.0. The lowest BCUT2D eigenvalue weighted by Crippen LogP contribution is -2.45. The Labute approximate surface area is 434 Å². The number of nitrogens with one attached hydrogen (secondary N) is 2. The molecular formula is C34H50N12O27P5+. The number of imidazole rings is 2. The van der Waals surface area contributed by atoms with Crippen LogP contribution in [0.2, 0.25) is 0 Å². The molecule has 8 heterocycles. The molecule has 0 aromatic carbocycles. The van der Waals surface area contributed by atoms with E-state index in [1.54, 1.807) is 0 Å². The second kappa shape index (κ2) is 22.8. The third-order valence-electron chi connectivity index (χ3n) is 12.2. The average Bonchev–Trinajstić information content (AvgIpc) is 4.23. The van der Waals surface area contributed by atoms with E-state index in [4.69, 9.17) is 48.7 Å². The number of aryl methyl sites for hydroxylation is 1. The molecule has 39 nitrogen and oxygen atoms in total. The molecule has 5 aromatic rings. The van der Waals surface area contributed by atoms with E-state index in [1.165, 1.54) is 29.6 Å². The fourth-order valence-electron chi connectivity index (χ4n) is 8.83. The van der Waals surface area contributed by atoms with Gasteiger partial charge in [-0.15, -0.1) is 0 Å². The zero-order valence-corrected chi connectivity index (χ0v) is 44.6. The van der Waals surface area contributed by atoms with Crippen molar-refractivity contribution in [2.75, 3.05) is 52.1 Å². The molecule has 14 N–H and O–H groups in total. The van der Waals surface area contributed by atoms with E-state index in [-0.39, 0.29) is 47.1 Å². The summed E-state index contributed by atoms with van der Waals surface area (Å²) >= 11 is 0. The predicted octanol–water partition coefficient (Wildman–Crippen LogP) is -3.40. The van der Waals surface area contributed by atoms with E-state index in [1.807, 2.05) is 4.98 Å². The monoisotopic (exact) mass is 1210 g/mol. The molecule has 17 atom stereocenters. The number of phosphoric ester groups is 2. The number of aliphatic hydroxyl groups is 3. The molecular weight excluding hydrogens is 1160 g/mol. The van der Waals surface area contributed by atoms with Gasteiger partial charge in [-0.3, -0.25) is 46.9 Å². The van der Waals surface area contributed by atoms with E-state index in [2.05, 4.69) is 37.9 Å². The van der Waals surface area contributed by atoms with Crippen LogP contribution in [0, 0.1) is 5.92 Å². The van der Waals surface area contributed by atoms with Crippen molar-refractivity contribution in [3.05, 3.63) is 62.4 Å². The fraction of sp³-hybridized carbons (Fsp3) is 0.588. The van der Waals surface area contributed by atoms with Crippen molar-refractivity contribution < 1.29 is 117 Å². The molecule has 432 valence electrons. The summed E-state index contributed by atoms with van der Waals surface area (Å²) in [6, 6.07) is 0.909. The first kappa shape index (κ1) is 59.7. The van der Waals surface area contributed by atoms with Gasteiger partial charge in [0.1, 0.15) is 54.1 Å². The number of nitrogens with two attached hydrogens (primary N) is 2. The molecule has 0 saturated carbocycles. The van der Waals surface area contributed by atoms with E-state index < -0.39 is 149 Å². The Kier molecular flexibility index (Phi) is 17.5. The summed E-state index contributed by atoms with van der Waals surface area (Å²) in [5, 5.41) is 32.8. The van der Waals surface area contributed by atoms with Crippen molar-refractivity contribution in [3.8, 4) is 0 Å². The largest absolute Gasteiger partial charge is 0.490 e. The van der Waals surface area contributed by atoms with Crippen molar-refractivity contribution in [2.45, 2.75) is 73.5 Å². The van der Waals surface area contributed by atoms with Crippen molar-refractivity contribution in [1.29, 1.82) is 0 Å². The van der Waals surface area contributed by atoms with Crippen LogP contribution in [0.25, 0.3) is 22.3 Å². The number of rotatable bonds is 23. The minimum Gasteiger partial charge on any atom is -0.387 e. The molecule has 0 bridgehead atoms. The predicted molar refractivity (Wildman–Crippen MR) is 252 cm³/mol. The van der Waals surface area contributed by atoms with E-state index in [9.17, 15) is 77.0 Å². The van der Waals surface area contributed by atoms with Crippen LogP contribution in [0.5, 0.6) is 0 Å². The summed E-state index contributed by atoms with van der Waals surface area (Å²) in [6.07, 6.45) is -12.1. The third-order valence-corrected chi connectivity index (χ3v) is 20.0. The number of aliphatic hydroxyl groups excluding tert-OH is 3. The lowest BCUT2D eigenvalue weighted by Gasteiger charge is -2.28. The summed E-state index contributed by atoms with van der Waals surface area (Å²) in [4.78, 5) is 110. The van der Waals surface area contributed by atoms with Gasteiger partial charge < -0.3 is 79.5 Å². The summed E-state index contributed by atoms with van der Waals surface area (Å²) in [6.45, 7) is -3.43. The maximum Gasteiger partial charge on any atom is 0.490 e. The van der Waals surface area contributed by atoms with Crippen LogP contribution in [-0.2, 0) is 80.1 Å². The maximum atomic E-state index is 14.3. The number of hydrogen-bond acceptors (Lipinski definition) is 28. The lowest BCUT2D eigenvalue weighted by atomic mass is 9.95. The Hall–Kier alpha value is -4.43. The van der Waals surface area contributed by atoms with Crippen LogP contribution in [0.1, 0.15) is 25.1 Å². The fourth-order valence-corrected chi connectivity index (χ4v) is 15.5. The van der Waals surface area contributed by atoms with Gasteiger partial charge >= 0.3 is 50.2 Å². The highest BCUT2D eigenvalue weighted by molar-refractivity contribution is 7.69. The van der Waals surface area contributed by atoms with Gasteiger partial charge in [-0.25, -0.2) is 42.6 Å². The highest BCUT2D eigenvalue weighted by Crippen LogP contribution is 2.72. The molecule has 6 unspecified atom stereocenters. The molecule has 0 aliphatic carbocycles. The molecule has 3 aliphatic heterocycles. The Morgan fingerprint density at radius 1 is 0.756 bits per heavy atom. The number of hydrogen-bond donors (Lipinski definition) is 12. The number of aromatic amines is 2. The number of nitrogens with zero attached hydrogens (tertiary/aromatic N) is 8. The summed E-state index contributed by atoms with van der Waals surface area (Å²) in [5.41, 5.74) is 7.05. The molecule has 0 spiro atoms. The van der Waals surface area contributed by atoms with Gasteiger partial charge in [0, 0.05) is 39.0 Å². The van der Waals surface area contributed by atoms with Crippen LogP contribution >= 0.6 is 38.9 Å². The van der Waals surface area contributed by atoms with Gasteiger partial charge in [0.2, 0.25) is 11.7 Å². The smallest absolute Gasteiger partial charge is 0.387 e. The number of fused-ring (bicyclic) bond motifs is 2. The van der Waals surface area contributed by atoms with Gasteiger partial charge in [0.15, 0.2) is 30.2 Å². The molecule has 5 aromatic heterocycles. The minimum absolute atomic E-state index is 0.00312. The topological polar surface area (TPSA) is 554 Å². The van der Waals surface area contributed by atoms with E-state index in [0.717, 1.165) is 36.6 Å². The van der Waals surface area contributed by atoms with Gasteiger partial charge in [-0.2, -0.15) is 12.9 Å². The SMILES string of the molecule is COCC[C@H]1[C@@H](O)[C@H]([n+]2cn(C)c3c(=O)[nH]c(N)nc32)O[C@@H]1COP(=O)(O)OP(=O)(O)OP(=O)(O)OP(=O)(O)OCC1O[C@@H](n2cnc3c(N)ncnc32)[C@H](OC)[C@@H]1P(=O)(O)OC[C@H]1O[C@@H](n2ccc(=O)[nH]c2=O)[C@H](O)[C@@H]1O. The minimum atomic E-state index is -6.45. The second-order valence-electron chi connectivity index (χ2n) is 17.2. The van der Waals surface area contributed by atoms with Crippen LogP contribution in [-0.4, -0.2) is 172 Å². The molecule has 0 amide bonds. The lowest BCUT2D eigenvalue weighted by molar-refractivity contribution is -0.745. The van der Waals surface area contributed by atoms with Gasteiger partial charge in [0.05, 0.1) is 39.3 Å². The van der Waals surface area contributed by atoms with E-state index >= 15 is 0 Å². The maximum absolute atomic E-state index is 14.3. The highest BCUT2D eigenvalue weighted by Gasteiger charge is 2.58. The van der Waals surface area contributed by atoms with Gasteiger partial charge in [0.25, 0.3) is 17.1 Å². The number of nitrogen functional groups attached to an aromatic ring is 2. The summed E-state index contributed by atoms with van der Waals surface area (Å²) < 4.78 is 126. The van der Waals surface area contributed by atoms with Crippen molar-refractivity contribution in [2.24, 2.45) is 13.0 Å². The zero-order valence-electron chi connectivity index (χ0n) is 40.2. The first-order valence-electron chi connectivity index (χ1n) is 22.2. The van der Waals surface area contributed by atoms with Crippen LogP contribution in [0.4, 0.5) is 11.8 Å².